The van der Waals surface area contributed by atoms with Crippen molar-refractivity contribution in [2.24, 2.45) is 0 Å². The molecule has 0 fully saturated rings. The first-order valence-electron chi connectivity index (χ1n) is 7.41. The number of fused-ring (bicyclic) bond motifs is 1. The van der Waals surface area contributed by atoms with Gasteiger partial charge in [0.25, 0.3) is 11.8 Å². The van der Waals surface area contributed by atoms with Crippen molar-refractivity contribution in [3.05, 3.63) is 46.2 Å². The molecule has 0 spiro atoms. The van der Waals surface area contributed by atoms with Gasteiger partial charge >= 0.3 is 0 Å². The van der Waals surface area contributed by atoms with Crippen LogP contribution in [0, 0.1) is 0 Å². The van der Waals surface area contributed by atoms with E-state index in [1.165, 1.54) is 18.9 Å². The smallest absolute Gasteiger partial charge is 0.268 e. The van der Waals surface area contributed by atoms with E-state index in [4.69, 9.17) is 4.74 Å². The topological polar surface area (TPSA) is 75.7 Å². The Kier molecular flexibility index (Phi) is 4.35. The van der Waals surface area contributed by atoms with Crippen LogP contribution in [0.25, 0.3) is 0 Å². The average molecular weight is 344 g/mol. The van der Waals surface area contributed by atoms with Crippen LogP contribution in [0.15, 0.2) is 36.4 Å². The number of anilines is 1. The summed E-state index contributed by atoms with van der Waals surface area (Å²) >= 11 is 1.15. The number of likely N-dealkylation sites (N-methyl/N-ethyl adjacent to an activating group) is 1. The molecule has 2 heterocycles. The van der Waals surface area contributed by atoms with Gasteiger partial charge in [-0.3, -0.25) is 19.3 Å². The summed E-state index contributed by atoms with van der Waals surface area (Å²) in [5, 5.41) is 2.54. The molecule has 7 heteroatoms. The summed E-state index contributed by atoms with van der Waals surface area (Å²) in [6.45, 7) is 1.58. The monoisotopic (exact) mass is 344 g/mol. The molecule has 0 saturated heterocycles. The Bertz CT molecular complexity index is 814. The van der Waals surface area contributed by atoms with Crippen molar-refractivity contribution >= 4 is 34.6 Å². The second-order valence-corrected chi connectivity index (χ2v) is 6.41. The molecule has 0 bridgehead atoms. The molecule has 0 radical (unpaired) electrons. The highest BCUT2D eigenvalue weighted by molar-refractivity contribution is 7.16. The van der Waals surface area contributed by atoms with Gasteiger partial charge in [-0.1, -0.05) is 12.1 Å². The summed E-state index contributed by atoms with van der Waals surface area (Å²) in [5.74, 6) is -0.145. The molecule has 3 rings (SSSR count). The highest BCUT2D eigenvalue weighted by Gasteiger charge is 2.34. The molecule has 1 N–H and O–H groups in total. The number of Topliss-reactive ketones (excluding diaryl/α,β-unsaturated/α-hetero) is 1. The SMILES string of the molecule is CNC(=O)[C@@H]1CN(C(=O)c2ccc(C(C)=O)s2)c2ccccc2O1. The van der Waals surface area contributed by atoms with Gasteiger partial charge < -0.3 is 10.1 Å². The van der Waals surface area contributed by atoms with E-state index >= 15 is 0 Å². The summed E-state index contributed by atoms with van der Waals surface area (Å²) in [5.41, 5.74) is 0.612. The molecule has 0 saturated carbocycles. The second-order valence-electron chi connectivity index (χ2n) is 5.32. The second kappa shape index (κ2) is 6.45. The molecule has 2 amide bonds. The number of ether oxygens (including phenoxy) is 1. The van der Waals surface area contributed by atoms with Crippen LogP contribution < -0.4 is 15.0 Å². The minimum Gasteiger partial charge on any atom is -0.477 e. The first kappa shape index (κ1) is 16.2. The van der Waals surface area contributed by atoms with Gasteiger partial charge in [-0.2, -0.15) is 0 Å². The van der Waals surface area contributed by atoms with Crippen LogP contribution in [-0.2, 0) is 4.79 Å². The highest BCUT2D eigenvalue weighted by atomic mass is 32.1. The Balaban J connectivity index is 1.96. The van der Waals surface area contributed by atoms with Gasteiger partial charge in [-0.25, -0.2) is 0 Å². The van der Waals surface area contributed by atoms with Crippen molar-refractivity contribution in [2.75, 3.05) is 18.5 Å². The zero-order valence-corrected chi connectivity index (χ0v) is 14.1. The molecular weight excluding hydrogens is 328 g/mol. The average Bonchev–Trinajstić information content (AvgIpc) is 3.09. The van der Waals surface area contributed by atoms with Gasteiger partial charge in [0.05, 0.1) is 22.0 Å². The number of rotatable bonds is 3. The number of hydrogen-bond acceptors (Lipinski definition) is 5. The molecule has 1 aromatic heterocycles. The Labute approximate surface area is 143 Å². The zero-order chi connectivity index (χ0) is 17.3. The molecule has 1 aliphatic rings. The number of ketones is 1. The molecule has 0 unspecified atom stereocenters. The maximum Gasteiger partial charge on any atom is 0.268 e. The lowest BCUT2D eigenvalue weighted by molar-refractivity contribution is -0.127. The zero-order valence-electron chi connectivity index (χ0n) is 13.2. The number of benzene rings is 1. The van der Waals surface area contributed by atoms with E-state index in [0.717, 1.165) is 11.3 Å². The molecule has 1 aliphatic heterocycles. The summed E-state index contributed by atoms with van der Waals surface area (Å²) < 4.78 is 5.69. The molecule has 1 atom stereocenters. The van der Waals surface area contributed by atoms with Crippen LogP contribution in [-0.4, -0.2) is 37.3 Å². The molecule has 124 valence electrons. The van der Waals surface area contributed by atoms with Gasteiger partial charge in [0, 0.05) is 7.05 Å². The summed E-state index contributed by atoms with van der Waals surface area (Å²) in [7, 11) is 1.52. The minimum absolute atomic E-state index is 0.0790. The summed E-state index contributed by atoms with van der Waals surface area (Å²) in [4.78, 5) is 38.8. The lowest BCUT2D eigenvalue weighted by atomic mass is 10.1. The lowest BCUT2D eigenvalue weighted by Crippen LogP contribution is -2.50. The van der Waals surface area contributed by atoms with Gasteiger partial charge in [0.15, 0.2) is 11.9 Å². The van der Waals surface area contributed by atoms with Crippen LogP contribution in [0.3, 0.4) is 0 Å². The Morgan fingerprint density at radius 3 is 2.54 bits per heavy atom. The normalized spacial score (nSPS) is 16.1. The van der Waals surface area contributed by atoms with E-state index in [9.17, 15) is 14.4 Å². The third-order valence-corrected chi connectivity index (χ3v) is 4.90. The molecule has 2 aromatic rings. The van der Waals surface area contributed by atoms with E-state index in [1.807, 2.05) is 0 Å². The molecular formula is C17H16N2O4S. The van der Waals surface area contributed by atoms with E-state index in [2.05, 4.69) is 5.32 Å². The first-order valence-corrected chi connectivity index (χ1v) is 8.23. The number of nitrogens with one attached hydrogen (secondary N) is 1. The number of amides is 2. The molecule has 24 heavy (non-hydrogen) atoms. The Hall–Kier alpha value is -2.67. The van der Waals surface area contributed by atoms with Crippen LogP contribution >= 0.6 is 11.3 Å². The Morgan fingerprint density at radius 2 is 1.88 bits per heavy atom. The van der Waals surface area contributed by atoms with Crippen molar-refractivity contribution in [3.63, 3.8) is 0 Å². The predicted molar refractivity (Wildman–Crippen MR) is 90.9 cm³/mol. The number of thiophene rings is 1. The van der Waals surface area contributed by atoms with Crippen molar-refractivity contribution in [3.8, 4) is 5.75 Å². The van der Waals surface area contributed by atoms with Crippen molar-refractivity contribution in [1.82, 2.24) is 5.32 Å². The third kappa shape index (κ3) is 2.90. The van der Waals surface area contributed by atoms with E-state index in [-0.39, 0.29) is 24.1 Å². The van der Waals surface area contributed by atoms with E-state index in [0.29, 0.717) is 21.2 Å². The number of hydrogen-bond donors (Lipinski definition) is 1. The Morgan fingerprint density at radius 1 is 1.17 bits per heavy atom. The summed E-state index contributed by atoms with van der Waals surface area (Å²) in [6, 6.07) is 10.4. The van der Waals surface area contributed by atoms with Crippen molar-refractivity contribution < 1.29 is 19.1 Å². The lowest BCUT2D eigenvalue weighted by Gasteiger charge is -2.33. The fraction of sp³-hybridized carbons (Fsp3) is 0.235. The predicted octanol–water partition coefficient (Wildman–Crippen LogP) is 2.10. The van der Waals surface area contributed by atoms with E-state index < -0.39 is 6.10 Å². The molecule has 1 aromatic carbocycles. The number of para-hydroxylation sites is 2. The van der Waals surface area contributed by atoms with Crippen LogP contribution in [0.4, 0.5) is 5.69 Å². The number of nitrogens with zero attached hydrogens (tertiary/aromatic N) is 1. The van der Waals surface area contributed by atoms with Crippen molar-refractivity contribution in [2.45, 2.75) is 13.0 Å². The van der Waals surface area contributed by atoms with Gasteiger partial charge in [0.2, 0.25) is 0 Å². The minimum atomic E-state index is -0.777. The van der Waals surface area contributed by atoms with Gasteiger partial charge in [-0.05, 0) is 31.2 Å². The maximum atomic E-state index is 12.9. The van der Waals surface area contributed by atoms with E-state index in [1.54, 1.807) is 36.4 Å². The number of carbonyl (C=O) groups excluding carboxylic acids is 3. The quantitative estimate of drug-likeness (QED) is 0.865. The fourth-order valence-corrected chi connectivity index (χ4v) is 3.35. The third-order valence-electron chi connectivity index (χ3n) is 3.72. The highest BCUT2D eigenvalue weighted by Crippen LogP contribution is 2.34. The molecule has 6 nitrogen and oxygen atoms in total. The van der Waals surface area contributed by atoms with Crippen LogP contribution in [0.1, 0.15) is 26.3 Å². The van der Waals surface area contributed by atoms with Gasteiger partial charge in [-0.15, -0.1) is 11.3 Å². The fourth-order valence-electron chi connectivity index (χ4n) is 2.50. The number of carbonyl (C=O) groups is 3. The largest absolute Gasteiger partial charge is 0.477 e. The first-order chi connectivity index (χ1) is 11.5. The summed E-state index contributed by atoms with van der Waals surface area (Å²) in [6.07, 6.45) is -0.777. The molecule has 0 aliphatic carbocycles. The van der Waals surface area contributed by atoms with Crippen molar-refractivity contribution in [1.29, 1.82) is 0 Å². The van der Waals surface area contributed by atoms with Gasteiger partial charge in [0.1, 0.15) is 5.75 Å². The van der Waals surface area contributed by atoms with Crippen LogP contribution in [0.5, 0.6) is 5.75 Å². The van der Waals surface area contributed by atoms with Crippen LogP contribution in [0.2, 0.25) is 0 Å². The standard InChI is InChI=1S/C17H16N2O4S/c1-10(20)14-7-8-15(24-14)17(22)19-9-13(16(21)18-2)23-12-6-4-3-5-11(12)19/h3-8,13H,9H2,1-2H3,(H,18,21)/t13-/m0/s1. The maximum absolute atomic E-state index is 12.9.